The predicted octanol–water partition coefficient (Wildman–Crippen LogP) is 2.42. The number of fused-ring (bicyclic) bond motifs is 1. The van der Waals surface area contributed by atoms with Crippen molar-refractivity contribution in [2.24, 2.45) is 0 Å². The Balaban J connectivity index is 1.47. The van der Waals surface area contributed by atoms with Gasteiger partial charge in [0, 0.05) is 54.6 Å². The zero-order valence-corrected chi connectivity index (χ0v) is 16.1. The first-order valence-corrected chi connectivity index (χ1v) is 9.61. The molecule has 30 heavy (non-hydrogen) atoms. The highest BCUT2D eigenvalue weighted by Gasteiger charge is 2.23. The van der Waals surface area contributed by atoms with E-state index >= 15 is 0 Å². The Morgan fingerprint density at radius 3 is 2.53 bits per heavy atom. The van der Waals surface area contributed by atoms with E-state index in [0.717, 1.165) is 42.2 Å². The summed E-state index contributed by atoms with van der Waals surface area (Å²) in [5.41, 5.74) is 15.3. The number of nitrogen functional groups attached to an aromatic ring is 2. The maximum absolute atomic E-state index is 12.5. The molecule has 0 saturated carbocycles. The van der Waals surface area contributed by atoms with Crippen molar-refractivity contribution in [2.75, 3.05) is 34.8 Å². The van der Waals surface area contributed by atoms with E-state index in [9.17, 15) is 4.79 Å². The lowest BCUT2D eigenvalue weighted by molar-refractivity contribution is 0.102. The molecule has 1 saturated heterocycles. The number of hydrogen-bond donors (Lipinski definition) is 3. The summed E-state index contributed by atoms with van der Waals surface area (Å²) in [6, 6.07) is 10.5. The average molecular weight is 400 g/mol. The highest BCUT2D eigenvalue weighted by molar-refractivity contribution is 6.04. The fraction of sp³-hybridized carbons (Fsp3) is 0.143. The first-order chi connectivity index (χ1) is 14.6. The van der Waals surface area contributed by atoms with Crippen molar-refractivity contribution in [3.05, 3.63) is 60.6 Å². The number of benzene rings is 1. The van der Waals surface area contributed by atoms with E-state index in [1.807, 2.05) is 22.7 Å². The first-order valence-electron chi connectivity index (χ1n) is 9.61. The molecule has 1 aliphatic rings. The van der Waals surface area contributed by atoms with Crippen LogP contribution in [-0.4, -0.2) is 38.3 Å². The summed E-state index contributed by atoms with van der Waals surface area (Å²) < 4.78 is 1.98. The van der Waals surface area contributed by atoms with Crippen molar-refractivity contribution < 1.29 is 4.79 Å². The smallest absolute Gasteiger partial charge is 0.256 e. The highest BCUT2D eigenvalue weighted by Crippen LogP contribution is 2.32. The summed E-state index contributed by atoms with van der Waals surface area (Å²) in [5, 5.41) is 2.74. The number of nitrogens with two attached hydrogens (primary N) is 2. The largest absolute Gasteiger partial charge is 0.399 e. The monoisotopic (exact) mass is 400 g/mol. The van der Waals surface area contributed by atoms with Crippen LogP contribution in [0.25, 0.3) is 16.8 Å². The summed E-state index contributed by atoms with van der Waals surface area (Å²) in [4.78, 5) is 27.9. The SMILES string of the molecule is Nc1ccnc(NC(=O)c2ccc(-c3nc(N4CCC4)n4ccnc(N)c34)cc2)c1. The van der Waals surface area contributed by atoms with E-state index in [-0.39, 0.29) is 5.91 Å². The van der Waals surface area contributed by atoms with Gasteiger partial charge in [-0.25, -0.2) is 15.0 Å². The Bertz CT molecular complexity index is 1240. The second kappa shape index (κ2) is 7.03. The number of anilines is 4. The Kier molecular flexibility index (Phi) is 4.20. The van der Waals surface area contributed by atoms with Crippen molar-refractivity contribution in [2.45, 2.75) is 6.42 Å². The second-order valence-corrected chi connectivity index (χ2v) is 7.14. The number of carbonyl (C=O) groups is 1. The molecule has 5 N–H and O–H groups in total. The normalized spacial score (nSPS) is 13.3. The molecule has 9 nitrogen and oxygen atoms in total. The number of imidazole rings is 1. The van der Waals surface area contributed by atoms with Gasteiger partial charge in [0.1, 0.15) is 22.8 Å². The van der Waals surface area contributed by atoms with E-state index in [2.05, 4.69) is 20.2 Å². The molecule has 4 heterocycles. The maximum Gasteiger partial charge on any atom is 0.256 e. The highest BCUT2D eigenvalue weighted by atomic mass is 16.1. The van der Waals surface area contributed by atoms with Crippen LogP contribution in [0.4, 0.5) is 23.3 Å². The standard InChI is InChI=1S/C21H20N8O/c22-15-6-7-24-16(12-15)26-20(30)14-4-2-13(3-5-14)17-18-19(23)25-8-11-29(18)21(27-17)28-9-1-10-28/h2-8,11-12H,1,9-10H2,(H2,23,25)(H3,22,24,26,30). The summed E-state index contributed by atoms with van der Waals surface area (Å²) >= 11 is 0. The second-order valence-electron chi connectivity index (χ2n) is 7.14. The molecule has 150 valence electrons. The molecule has 1 aromatic carbocycles. The van der Waals surface area contributed by atoms with Gasteiger partial charge in [-0.05, 0) is 24.6 Å². The molecular weight excluding hydrogens is 380 g/mol. The van der Waals surface area contributed by atoms with E-state index in [1.165, 1.54) is 0 Å². The molecule has 5 rings (SSSR count). The van der Waals surface area contributed by atoms with Gasteiger partial charge in [-0.2, -0.15) is 0 Å². The van der Waals surface area contributed by atoms with Crippen molar-refractivity contribution in [1.29, 1.82) is 0 Å². The van der Waals surface area contributed by atoms with Crippen LogP contribution in [-0.2, 0) is 0 Å². The Labute approximate surface area is 172 Å². The molecule has 0 unspecified atom stereocenters. The lowest BCUT2D eigenvalue weighted by Gasteiger charge is -2.31. The van der Waals surface area contributed by atoms with Gasteiger partial charge < -0.3 is 21.7 Å². The number of pyridine rings is 1. The molecule has 0 aliphatic carbocycles. The first kappa shape index (κ1) is 17.9. The minimum absolute atomic E-state index is 0.267. The summed E-state index contributed by atoms with van der Waals surface area (Å²) in [7, 11) is 0. The number of amides is 1. The molecule has 1 amide bonds. The number of rotatable bonds is 4. The van der Waals surface area contributed by atoms with E-state index in [4.69, 9.17) is 16.5 Å². The number of nitrogens with one attached hydrogen (secondary N) is 1. The van der Waals surface area contributed by atoms with Gasteiger partial charge in [0.2, 0.25) is 5.95 Å². The number of nitrogens with zero attached hydrogens (tertiary/aromatic N) is 5. The molecule has 4 aromatic rings. The Morgan fingerprint density at radius 1 is 1.03 bits per heavy atom. The quantitative estimate of drug-likeness (QED) is 0.480. The third kappa shape index (κ3) is 3.06. The van der Waals surface area contributed by atoms with Gasteiger partial charge in [0.15, 0.2) is 0 Å². The maximum atomic E-state index is 12.5. The van der Waals surface area contributed by atoms with Crippen molar-refractivity contribution in [1.82, 2.24) is 19.4 Å². The molecular formula is C21H20N8O. The van der Waals surface area contributed by atoms with Crippen molar-refractivity contribution >= 4 is 34.7 Å². The minimum Gasteiger partial charge on any atom is -0.399 e. The van der Waals surface area contributed by atoms with Crippen LogP contribution in [0.15, 0.2) is 55.0 Å². The predicted molar refractivity (Wildman–Crippen MR) is 116 cm³/mol. The van der Waals surface area contributed by atoms with Crippen LogP contribution < -0.4 is 21.7 Å². The molecule has 0 spiro atoms. The Morgan fingerprint density at radius 2 is 1.83 bits per heavy atom. The van der Waals surface area contributed by atoms with Gasteiger partial charge in [-0.3, -0.25) is 9.20 Å². The van der Waals surface area contributed by atoms with Crippen LogP contribution in [0, 0.1) is 0 Å². The van der Waals surface area contributed by atoms with Crippen LogP contribution >= 0.6 is 0 Å². The summed E-state index contributed by atoms with van der Waals surface area (Å²) in [6.07, 6.45) is 6.24. The molecule has 9 heteroatoms. The van der Waals surface area contributed by atoms with Gasteiger partial charge in [-0.1, -0.05) is 12.1 Å². The zero-order valence-electron chi connectivity index (χ0n) is 16.1. The van der Waals surface area contributed by atoms with E-state index < -0.39 is 0 Å². The summed E-state index contributed by atoms with van der Waals surface area (Å²) in [6.45, 7) is 1.94. The number of carbonyl (C=O) groups excluding carboxylic acids is 1. The van der Waals surface area contributed by atoms with E-state index in [0.29, 0.717) is 22.9 Å². The van der Waals surface area contributed by atoms with Crippen LogP contribution in [0.5, 0.6) is 0 Å². The van der Waals surface area contributed by atoms with Crippen molar-refractivity contribution in [3.8, 4) is 11.3 Å². The Hall–Kier alpha value is -4.14. The molecule has 0 bridgehead atoms. The van der Waals surface area contributed by atoms with Gasteiger partial charge in [0.05, 0.1) is 0 Å². The van der Waals surface area contributed by atoms with Crippen LogP contribution in [0.1, 0.15) is 16.8 Å². The zero-order chi connectivity index (χ0) is 20.7. The fourth-order valence-electron chi connectivity index (χ4n) is 3.47. The van der Waals surface area contributed by atoms with Crippen LogP contribution in [0.3, 0.4) is 0 Å². The molecule has 0 atom stereocenters. The van der Waals surface area contributed by atoms with Crippen LogP contribution in [0.2, 0.25) is 0 Å². The molecule has 3 aromatic heterocycles. The molecule has 1 fully saturated rings. The topological polar surface area (TPSA) is 127 Å². The minimum atomic E-state index is -0.267. The number of aromatic nitrogens is 4. The summed E-state index contributed by atoms with van der Waals surface area (Å²) in [5.74, 6) is 1.41. The van der Waals surface area contributed by atoms with E-state index in [1.54, 1.807) is 36.7 Å². The number of hydrogen-bond acceptors (Lipinski definition) is 7. The average Bonchev–Trinajstić information content (AvgIpc) is 3.07. The third-order valence-corrected chi connectivity index (χ3v) is 5.15. The van der Waals surface area contributed by atoms with Crippen molar-refractivity contribution in [3.63, 3.8) is 0 Å². The lowest BCUT2D eigenvalue weighted by Crippen LogP contribution is -2.38. The van der Waals surface area contributed by atoms with Gasteiger partial charge in [0.25, 0.3) is 5.91 Å². The molecule has 0 radical (unpaired) electrons. The lowest BCUT2D eigenvalue weighted by atomic mass is 10.1. The molecule has 1 aliphatic heterocycles. The fourth-order valence-corrected chi connectivity index (χ4v) is 3.47. The third-order valence-electron chi connectivity index (χ3n) is 5.15. The van der Waals surface area contributed by atoms with Gasteiger partial charge in [-0.15, -0.1) is 0 Å². The van der Waals surface area contributed by atoms with Gasteiger partial charge >= 0.3 is 0 Å².